The maximum absolute atomic E-state index is 12.0. The first-order valence-electron chi connectivity index (χ1n) is 6.04. The van der Waals surface area contributed by atoms with Gasteiger partial charge in [-0.25, -0.2) is 4.79 Å². The average Bonchev–Trinajstić information content (AvgIpc) is 2.26. The van der Waals surface area contributed by atoms with E-state index in [2.05, 4.69) is 10.3 Å². The predicted octanol–water partition coefficient (Wildman–Crippen LogP) is 0.912. The minimum Gasteiger partial charge on any atom is -0.480 e. The standard InChI is InChI=1S/C13H18N2O4/c1-7(2)4-10(13(18)19)15-12(17)9-6-14-11(16)5-8(9)3/h5-7,10H,4H2,1-3H3,(H,14,16)(H,15,17)(H,18,19)/t10-/m1/s1. The molecule has 0 aliphatic heterocycles. The maximum atomic E-state index is 12.0. The minimum absolute atomic E-state index is 0.151. The number of hydrogen-bond donors (Lipinski definition) is 3. The third-order valence-electron chi connectivity index (χ3n) is 2.69. The molecule has 0 spiro atoms. The number of hydrogen-bond acceptors (Lipinski definition) is 3. The highest BCUT2D eigenvalue weighted by Crippen LogP contribution is 2.08. The van der Waals surface area contributed by atoms with E-state index in [4.69, 9.17) is 5.11 Å². The van der Waals surface area contributed by atoms with Crippen molar-refractivity contribution in [1.29, 1.82) is 0 Å². The van der Waals surface area contributed by atoms with E-state index in [-0.39, 0.29) is 17.0 Å². The lowest BCUT2D eigenvalue weighted by atomic mass is 10.0. The Balaban J connectivity index is 2.87. The molecule has 1 rings (SSSR count). The number of pyridine rings is 1. The lowest BCUT2D eigenvalue weighted by molar-refractivity contribution is -0.139. The van der Waals surface area contributed by atoms with Crippen LogP contribution in [0.25, 0.3) is 0 Å². The van der Waals surface area contributed by atoms with Gasteiger partial charge in [0.2, 0.25) is 5.56 Å². The molecule has 104 valence electrons. The Morgan fingerprint density at radius 3 is 2.53 bits per heavy atom. The van der Waals surface area contributed by atoms with Crippen LogP contribution in [0, 0.1) is 12.8 Å². The second-order valence-corrected chi connectivity index (χ2v) is 4.89. The fourth-order valence-electron chi connectivity index (χ4n) is 1.75. The molecule has 0 saturated heterocycles. The summed E-state index contributed by atoms with van der Waals surface area (Å²) in [7, 11) is 0. The zero-order chi connectivity index (χ0) is 14.6. The monoisotopic (exact) mass is 266 g/mol. The largest absolute Gasteiger partial charge is 0.480 e. The zero-order valence-corrected chi connectivity index (χ0v) is 11.2. The van der Waals surface area contributed by atoms with E-state index in [1.807, 2.05) is 13.8 Å². The van der Waals surface area contributed by atoms with Crippen molar-refractivity contribution >= 4 is 11.9 Å². The van der Waals surface area contributed by atoms with E-state index in [0.717, 1.165) is 0 Å². The number of carboxylic acid groups (broad SMARTS) is 1. The number of H-pyrrole nitrogens is 1. The Labute approximate surface area is 110 Å². The topological polar surface area (TPSA) is 99.3 Å². The number of carbonyl (C=O) groups excluding carboxylic acids is 1. The van der Waals surface area contributed by atoms with Crippen molar-refractivity contribution in [3.63, 3.8) is 0 Å². The molecule has 19 heavy (non-hydrogen) atoms. The van der Waals surface area contributed by atoms with Gasteiger partial charge in [-0.15, -0.1) is 0 Å². The smallest absolute Gasteiger partial charge is 0.326 e. The summed E-state index contributed by atoms with van der Waals surface area (Å²) in [6.07, 6.45) is 1.64. The molecule has 0 saturated carbocycles. The first kappa shape index (κ1) is 14.9. The molecular weight excluding hydrogens is 248 g/mol. The summed E-state index contributed by atoms with van der Waals surface area (Å²) in [6.45, 7) is 5.39. The Bertz CT molecular complexity index is 534. The van der Waals surface area contributed by atoms with Crippen molar-refractivity contribution < 1.29 is 14.7 Å². The SMILES string of the molecule is Cc1cc(=O)[nH]cc1C(=O)N[C@H](CC(C)C)C(=O)O. The molecule has 0 fully saturated rings. The van der Waals surface area contributed by atoms with Gasteiger partial charge in [0, 0.05) is 12.3 Å². The van der Waals surface area contributed by atoms with Crippen LogP contribution < -0.4 is 10.9 Å². The van der Waals surface area contributed by atoms with Crippen molar-refractivity contribution in [2.45, 2.75) is 33.2 Å². The Morgan fingerprint density at radius 1 is 1.42 bits per heavy atom. The molecule has 1 aromatic heterocycles. The summed E-state index contributed by atoms with van der Waals surface area (Å²) in [4.78, 5) is 36.5. The molecule has 0 aromatic carbocycles. The number of aliphatic carboxylic acids is 1. The van der Waals surface area contributed by atoms with Crippen molar-refractivity contribution in [2.24, 2.45) is 5.92 Å². The maximum Gasteiger partial charge on any atom is 0.326 e. The van der Waals surface area contributed by atoms with E-state index in [1.54, 1.807) is 6.92 Å². The van der Waals surface area contributed by atoms with Crippen LogP contribution >= 0.6 is 0 Å². The van der Waals surface area contributed by atoms with Crippen molar-refractivity contribution in [3.05, 3.63) is 33.7 Å². The number of nitrogens with one attached hydrogen (secondary N) is 2. The van der Waals surface area contributed by atoms with Crippen LogP contribution in [-0.4, -0.2) is 28.0 Å². The predicted molar refractivity (Wildman–Crippen MR) is 70.1 cm³/mol. The molecule has 0 aliphatic rings. The highest BCUT2D eigenvalue weighted by molar-refractivity contribution is 5.97. The number of carbonyl (C=O) groups is 2. The third kappa shape index (κ3) is 4.24. The molecule has 0 bridgehead atoms. The van der Waals surface area contributed by atoms with Crippen molar-refractivity contribution in [3.8, 4) is 0 Å². The normalized spacial score (nSPS) is 12.2. The first-order chi connectivity index (χ1) is 8.81. The summed E-state index contributed by atoms with van der Waals surface area (Å²) >= 11 is 0. The van der Waals surface area contributed by atoms with Crippen LogP contribution in [0.15, 0.2) is 17.1 Å². The van der Waals surface area contributed by atoms with Gasteiger partial charge in [0.1, 0.15) is 6.04 Å². The van der Waals surface area contributed by atoms with E-state index in [0.29, 0.717) is 12.0 Å². The Hall–Kier alpha value is -2.11. The Morgan fingerprint density at radius 2 is 2.05 bits per heavy atom. The zero-order valence-electron chi connectivity index (χ0n) is 11.2. The fourth-order valence-corrected chi connectivity index (χ4v) is 1.75. The van der Waals surface area contributed by atoms with E-state index in [1.165, 1.54) is 12.3 Å². The second-order valence-electron chi connectivity index (χ2n) is 4.89. The highest BCUT2D eigenvalue weighted by Gasteiger charge is 2.22. The molecule has 1 heterocycles. The van der Waals surface area contributed by atoms with Crippen LogP contribution in [0.3, 0.4) is 0 Å². The molecule has 6 nitrogen and oxygen atoms in total. The van der Waals surface area contributed by atoms with Crippen LogP contribution in [0.4, 0.5) is 0 Å². The van der Waals surface area contributed by atoms with Gasteiger partial charge in [0.05, 0.1) is 5.56 Å². The molecule has 6 heteroatoms. The average molecular weight is 266 g/mol. The number of rotatable bonds is 5. The summed E-state index contributed by atoms with van der Waals surface area (Å²) in [5.74, 6) is -1.41. The fraction of sp³-hybridized carbons (Fsp3) is 0.462. The molecule has 1 atom stereocenters. The van der Waals surface area contributed by atoms with E-state index in [9.17, 15) is 14.4 Å². The Kier molecular flexibility index (Phi) is 4.86. The second kappa shape index (κ2) is 6.17. The molecule has 1 amide bonds. The summed E-state index contributed by atoms with van der Waals surface area (Å²) < 4.78 is 0. The van der Waals surface area contributed by atoms with Gasteiger partial charge in [-0.05, 0) is 24.8 Å². The number of aromatic nitrogens is 1. The van der Waals surface area contributed by atoms with Gasteiger partial charge < -0.3 is 15.4 Å². The summed E-state index contributed by atoms with van der Waals surface area (Å²) in [6, 6.07) is 0.367. The van der Waals surface area contributed by atoms with Crippen LogP contribution in [-0.2, 0) is 4.79 Å². The van der Waals surface area contributed by atoms with Gasteiger partial charge in [-0.1, -0.05) is 13.8 Å². The van der Waals surface area contributed by atoms with E-state index >= 15 is 0 Å². The van der Waals surface area contributed by atoms with Crippen LogP contribution in [0.5, 0.6) is 0 Å². The van der Waals surface area contributed by atoms with Crippen LogP contribution in [0.2, 0.25) is 0 Å². The summed E-state index contributed by atoms with van der Waals surface area (Å²) in [5.41, 5.74) is 0.482. The quantitative estimate of drug-likeness (QED) is 0.737. The number of aryl methyl sites for hydroxylation is 1. The van der Waals surface area contributed by atoms with Gasteiger partial charge in [0.15, 0.2) is 0 Å². The molecule has 3 N–H and O–H groups in total. The van der Waals surface area contributed by atoms with Crippen LogP contribution in [0.1, 0.15) is 36.2 Å². The lowest BCUT2D eigenvalue weighted by Crippen LogP contribution is -2.42. The minimum atomic E-state index is -1.07. The number of carboxylic acids is 1. The van der Waals surface area contributed by atoms with Crippen molar-refractivity contribution in [2.75, 3.05) is 0 Å². The summed E-state index contributed by atoms with van der Waals surface area (Å²) in [5, 5.41) is 11.5. The lowest BCUT2D eigenvalue weighted by Gasteiger charge is -2.17. The van der Waals surface area contributed by atoms with Gasteiger partial charge in [-0.2, -0.15) is 0 Å². The van der Waals surface area contributed by atoms with Gasteiger partial charge in [0.25, 0.3) is 5.91 Å². The number of aromatic amines is 1. The molecule has 1 aromatic rings. The number of amides is 1. The van der Waals surface area contributed by atoms with Gasteiger partial charge in [-0.3, -0.25) is 9.59 Å². The van der Waals surface area contributed by atoms with Gasteiger partial charge >= 0.3 is 5.97 Å². The highest BCUT2D eigenvalue weighted by atomic mass is 16.4. The van der Waals surface area contributed by atoms with E-state index < -0.39 is 17.9 Å². The molecular formula is C13H18N2O4. The molecule has 0 unspecified atom stereocenters. The first-order valence-corrected chi connectivity index (χ1v) is 6.04. The van der Waals surface area contributed by atoms with Crippen molar-refractivity contribution in [1.82, 2.24) is 10.3 Å². The molecule has 0 aliphatic carbocycles. The third-order valence-corrected chi connectivity index (χ3v) is 2.69. The molecule has 0 radical (unpaired) electrons.